The fourth-order valence-electron chi connectivity index (χ4n) is 2.61. The zero-order chi connectivity index (χ0) is 15.6. The molecule has 1 aliphatic rings. The van der Waals surface area contributed by atoms with Crippen LogP contribution >= 0.6 is 0 Å². The molecule has 0 aliphatic heterocycles. The number of rotatable bonds is 7. The number of carbonyl (C=O) groups is 1. The first kappa shape index (κ1) is 16.6. The third-order valence-electron chi connectivity index (χ3n) is 3.87. The highest BCUT2D eigenvalue weighted by molar-refractivity contribution is 5.74. The minimum atomic E-state index is -0.0766. The Balaban J connectivity index is 1.68. The number of carbonyl (C=O) groups excluding carboxylic acids is 1. The molecular weight excluding hydrogens is 280 g/mol. The zero-order valence-electron chi connectivity index (χ0n) is 13.3. The second-order valence-electron chi connectivity index (χ2n) is 5.65. The molecule has 5 heteroatoms. The summed E-state index contributed by atoms with van der Waals surface area (Å²) in [6.07, 6.45) is 5.92. The molecule has 0 radical (unpaired) electrons. The quantitative estimate of drug-likeness (QED) is 0.762. The summed E-state index contributed by atoms with van der Waals surface area (Å²) in [5.41, 5.74) is 1.05. The Morgan fingerprint density at radius 1 is 1.14 bits per heavy atom. The Morgan fingerprint density at radius 2 is 1.86 bits per heavy atom. The van der Waals surface area contributed by atoms with Crippen molar-refractivity contribution in [1.82, 2.24) is 10.6 Å². The molecule has 2 amide bonds. The van der Waals surface area contributed by atoms with Gasteiger partial charge < -0.3 is 20.1 Å². The number of benzene rings is 1. The number of hydrogen-bond donors (Lipinski definition) is 2. The van der Waals surface area contributed by atoms with E-state index in [1.165, 1.54) is 19.3 Å². The molecular formula is C17H26N2O3. The van der Waals surface area contributed by atoms with Crippen LogP contribution in [0, 0.1) is 0 Å². The fourth-order valence-corrected chi connectivity index (χ4v) is 2.61. The third-order valence-corrected chi connectivity index (χ3v) is 3.87. The highest BCUT2D eigenvalue weighted by atomic mass is 16.5. The second-order valence-corrected chi connectivity index (χ2v) is 5.65. The lowest BCUT2D eigenvalue weighted by molar-refractivity contribution is 0.146. The van der Waals surface area contributed by atoms with Crippen molar-refractivity contribution in [3.8, 4) is 5.75 Å². The van der Waals surface area contributed by atoms with Gasteiger partial charge in [-0.25, -0.2) is 4.79 Å². The molecule has 122 valence electrons. The van der Waals surface area contributed by atoms with Crippen LogP contribution in [0.5, 0.6) is 5.75 Å². The summed E-state index contributed by atoms with van der Waals surface area (Å²) >= 11 is 0. The van der Waals surface area contributed by atoms with E-state index in [-0.39, 0.29) is 6.03 Å². The molecule has 22 heavy (non-hydrogen) atoms. The maximum Gasteiger partial charge on any atom is 0.315 e. The van der Waals surface area contributed by atoms with E-state index >= 15 is 0 Å². The van der Waals surface area contributed by atoms with Gasteiger partial charge >= 0.3 is 6.03 Å². The van der Waals surface area contributed by atoms with Crippen LogP contribution in [0.25, 0.3) is 0 Å². The molecule has 0 spiro atoms. The Bertz CT molecular complexity index is 442. The molecule has 0 saturated heterocycles. The number of methoxy groups -OCH3 is 1. The molecule has 0 atom stereocenters. The van der Waals surface area contributed by atoms with E-state index < -0.39 is 0 Å². The van der Waals surface area contributed by atoms with Crippen LogP contribution in [0.3, 0.4) is 0 Å². The van der Waals surface area contributed by atoms with Crippen LogP contribution in [0.4, 0.5) is 4.79 Å². The molecule has 1 aromatic rings. The molecule has 1 aromatic carbocycles. The van der Waals surface area contributed by atoms with Gasteiger partial charge in [-0.05, 0) is 30.5 Å². The molecule has 2 N–H and O–H groups in total. The SMILES string of the molecule is COCCOc1ccc(CNC(=O)NC2CCCCC2)cc1. The fraction of sp³-hybridized carbons (Fsp3) is 0.588. The Kier molecular flexibility index (Phi) is 7.03. The summed E-state index contributed by atoms with van der Waals surface area (Å²) in [5, 5.41) is 5.95. The van der Waals surface area contributed by atoms with Crippen LogP contribution in [-0.2, 0) is 11.3 Å². The lowest BCUT2D eigenvalue weighted by Crippen LogP contribution is -2.42. The van der Waals surface area contributed by atoms with Gasteiger partial charge in [-0.1, -0.05) is 31.4 Å². The van der Waals surface area contributed by atoms with Gasteiger partial charge in [-0.15, -0.1) is 0 Å². The normalized spacial score (nSPS) is 15.3. The van der Waals surface area contributed by atoms with Crippen LogP contribution < -0.4 is 15.4 Å². The van der Waals surface area contributed by atoms with Crippen molar-refractivity contribution in [1.29, 1.82) is 0 Å². The minimum absolute atomic E-state index is 0.0766. The molecule has 0 bridgehead atoms. The van der Waals surface area contributed by atoms with E-state index in [2.05, 4.69) is 10.6 Å². The van der Waals surface area contributed by atoms with E-state index in [0.29, 0.717) is 25.8 Å². The van der Waals surface area contributed by atoms with E-state index in [0.717, 1.165) is 24.2 Å². The lowest BCUT2D eigenvalue weighted by Gasteiger charge is -2.22. The van der Waals surface area contributed by atoms with E-state index in [4.69, 9.17) is 9.47 Å². The van der Waals surface area contributed by atoms with Gasteiger partial charge in [0, 0.05) is 19.7 Å². The van der Waals surface area contributed by atoms with Gasteiger partial charge in [0.15, 0.2) is 0 Å². The largest absolute Gasteiger partial charge is 0.491 e. The van der Waals surface area contributed by atoms with Crippen LogP contribution in [0.2, 0.25) is 0 Å². The summed E-state index contributed by atoms with van der Waals surface area (Å²) < 4.78 is 10.4. The zero-order valence-corrected chi connectivity index (χ0v) is 13.3. The average molecular weight is 306 g/mol. The summed E-state index contributed by atoms with van der Waals surface area (Å²) in [5.74, 6) is 0.812. The van der Waals surface area contributed by atoms with Crippen molar-refractivity contribution in [2.45, 2.75) is 44.7 Å². The van der Waals surface area contributed by atoms with E-state index in [1.54, 1.807) is 7.11 Å². The van der Waals surface area contributed by atoms with Gasteiger partial charge in [-0.3, -0.25) is 0 Å². The average Bonchev–Trinajstić information content (AvgIpc) is 2.55. The smallest absolute Gasteiger partial charge is 0.315 e. The second kappa shape index (κ2) is 9.30. The molecule has 1 saturated carbocycles. The topological polar surface area (TPSA) is 59.6 Å². The van der Waals surface area contributed by atoms with Gasteiger partial charge in [0.05, 0.1) is 6.61 Å². The molecule has 1 aliphatic carbocycles. The monoisotopic (exact) mass is 306 g/mol. The van der Waals surface area contributed by atoms with Crippen molar-refractivity contribution >= 4 is 6.03 Å². The Morgan fingerprint density at radius 3 is 2.55 bits per heavy atom. The van der Waals surface area contributed by atoms with E-state index in [9.17, 15) is 4.79 Å². The number of ether oxygens (including phenoxy) is 2. The van der Waals surface area contributed by atoms with Gasteiger partial charge in [0.1, 0.15) is 12.4 Å². The van der Waals surface area contributed by atoms with Crippen LogP contribution in [-0.4, -0.2) is 32.4 Å². The van der Waals surface area contributed by atoms with Gasteiger partial charge in [0.25, 0.3) is 0 Å². The summed E-state index contributed by atoms with van der Waals surface area (Å²) in [4.78, 5) is 11.9. The number of nitrogens with one attached hydrogen (secondary N) is 2. The predicted octanol–water partition coefficient (Wildman–Crippen LogP) is 2.84. The predicted molar refractivity (Wildman–Crippen MR) is 86.1 cm³/mol. The van der Waals surface area contributed by atoms with Crippen molar-refractivity contribution in [3.63, 3.8) is 0 Å². The number of hydrogen-bond acceptors (Lipinski definition) is 3. The lowest BCUT2D eigenvalue weighted by atomic mass is 9.96. The number of amides is 2. The van der Waals surface area contributed by atoms with Crippen molar-refractivity contribution < 1.29 is 14.3 Å². The van der Waals surface area contributed by atoms with Crippen molar-refractivity contribution in [2.24, 2.45) is 0 Å². The Hall–Kier alpha value is -1.75. The molecule has 5 nitrogen and oxygen atoms in total. The molecule has 0 unspecified atom stereocenters. The van der Waals surface area contributed by atoms with Gasteiger partial charge in [0.2, 0.25) is 0 Å². The van der Waals surface area contributed by atoms with E-state index in [1.807, 2.05) is 24.3 Å². The first-order chi connectivity index (χ1) is 10.8. The first-order valence-electron chi connectivity index (χ1n) is 8.03. The standard InChI is InChI=1S/C17H26N2O3/c1-21-11-12-22-16-9-7-14(8-10-16)13-18-17(20)19-15-5-3-2-4-6-15/h7-10,15H,2-6,11-13H2,1H3,(H2,18,19,20). The minimum Gasteiger partial charge on any atom is -0.491 e. The maximum absolute atomic E-state index is 11.9. The van der Waals surface area contributed by atoms with Crippen LogP contribution in [0.1, 0.15) is 37.7 Å². The molecule has 0 aromatic heterocycles. The molecule has 0 heterocycles. The summed E-state index contributed by atoms with van der Waals surface area (Å²) in [6.45, 7) is 1.64. The van der Waals surface area contributed by atoms with Gasteiger partial charge in [-0.2, -0.15) is 0 Å². The first-order valence-corrected chi connectivity index (χ1v) is 8.03. The highest BCUT2D eigenvalue weighted by Crippen LogP contribution is 2.17. The summed E-state index contributed by atoms with van der Waals surface area (Å²) in [7, 11) is 1.65. The molecule has 2 rings (SSSR count). The van der Waals surface area contributed by atoms with Crippen molar-refractivity contribution in [2.75, 3.05) is 20.3 Å². The summed E-state index contributed by atoms with van der Waals surface area (Å²) in [6, 6.07) is 8.00. The third kappa shape index (κ3) is 5.93. The van der Waals surface area contributed by atoms with Crippen molar-refractivity contribution in [3.05, 3.63) is 29.8 Å². The number of urea groups is 1. The molecule has 1 fully saturated rings. The van der Waals surface area contributed by atoms with Crippen LogP contribution in [0.15, 0.2) is 24.3 Å². The maximum atomic E-state index is 11.9. The highest BCUT2D eigenvalue weighted by Gasteiger charge is 2.15. The Labute approximate surface area is 132 Å².